The van der Waals surface area contributed by atoms with Crippen LogP contribution >= 0.6 is 11.3 Å². The highest BCUT2D eigenvalue weighted by Gasteiger charge is 2.30. The minimum atomic E-state index is -0.652. The van der Waals surface area contributed by atoms with E-state index in [9.17, 15) is 14.9 Å². The van der Waals surface area contributed by atoms with Crippen LogP contribution in [-0.2, 0) is 4.79 Å². The van der Waals surface area contributed by atoms with Gasteiger partial charge in [-0.15, -0.1) is 0 Å². The number of rotatable bonds is 9. The number of nitrogens with zero attached hydrogens (tertiary/aromatic N) is 5. The Morgan fingerprint density at radius 3 is 2.24 bits per heavy atom. The van der Waals surface area contributed by atoms with Gasteiger partial charge in [0, 0.05) is 30.1 Å². The van der Waals surface area contributed by atoms with Crippen LogP contribution in [0.2, 0.25) is 0 Å². The number of hydrogen-bond donors (Lipinski definition) is 3. The molecule has 3 aromatic heterocycles. The number of carboxylic acids is 1. The van der Waals surface area contributed by atoms with Crippen molar-refractivity contribution < 1.29 is 14.7 Å². The Kier molecular flexibility index (Phi) is 11.0. The van der Waals surface area contributed by atoms with Crippen molar-refractivity contribution in [3.8, 4) is 28.5 Å². The van der Waals surface area contributed by atoms with Crippen molar-refractivity contribution in [2.24, 2.45) is 5.41 Å². The summed E-state index contributed by atoms with van der Waals surface area (Å²) in [7, 11) is 0. The lowest BCUT2D eigenvalue weighted by Gasteiger charge is -2.23. The first-order valence-corrected chi connectivity index (χ1v) is 14.8. The molecule has 10 nitrogen and oxygen atoms in total. The molecule has 4 rings (SSSR count). The number of aryl methyl sites for hydroxylation is 2. The number of carbonyl (C=O) groups is 2. The van der Waals surface area contributed by atoms with Crippen LogP contribution in [-0.4, -0.2) is 43.6 Å². The van der Waals surface area contributed by atoms with E-state index in [1.807, 2.05) is 59.7 Å². The second-order valence-corrected chi connectivity index (χ2v) is 11.2. The van der Waals surface area contributed by atoms with Gasteiger partial charge in [0.1, 0.15) is 11.9 Å². The lowest BCUT2D eigenvalue weighted by Crippen LogP contribution is -2.28. The molecule has 4 aromatic rings. The average Bonchev–Trinajstić information content (AvgIpc) is 3.35. The number of carboxylic acid groups (broad SMARTS) is 1. The van der Waals surface area contributed by atoms with E-state index in [1.54, 1.807) is 18.5 Å². The lowest BCUT2D eigenvalue weighted by molar-refractivity contribution is -0.148. The zero-order chi connectivity index (χ0) is 30.9. The van der Waals surface area contributed by atoms with Gasteiger partial charge in [0.25, 0.3) is 0 Å². The van der Waals surface area contributed by atoms with Crippen LogP contribution in [0, 0.1) is 30.6 Å². The van der Waals surface area contributed by atoms with Crippen LogP contribution < -0.4 is 10.6 Å². The minimum Gasteiger partial charge on any atom is -0.481 e. The third kappa shape index (κ3) is 7.85. The summed E-state index contributed by atoms with van der Waals surface area (Å²) in [6.07, 6.45) is 7.01. The fourth-order valence-electron chi connectivity index (χ4n) is 4.56. The normalized spacial score (nSPS) is 10.9. The van der Waals surface area contributed by atoms with Crippen LogP contribution in [0.15, 0.2) is 36.7 Å². The van der Waals surface area contributed by atoms with Gasteiger partial charge in [0.15, 0.2) is 5.13 Å². The topological polar surface area (TPSA) is 154 Å². The van der Waals surface area contributed by atoms with E-state index in [-0.39, 0.29) is 6.03 Å². The minimum absolute atomic E-state index is 0.303. The van der Waals surface area contributed by atoms with Crippen LogP contribution in [0.4, 0.5) is 9.93 Å². The second kappa shape index (κ2) is 14.5. The first kappa shape index (κ1) is 32.1. The van der Waals surface area contributed by atoms with E-state index in [1.165, 1.54) is 11.3 Å². The molecule has 3 heterocycles. The standard InChI is InChI=1S/C22H19N7OS.C9H18O2/c1-4-24-21(30)29-22-28-19-8-15(16-10-25-13(3)26-11-16)7-17(20(19)31-22)18-6-5-14(9-23)12(2)27-18;1-4-6-9(3,7-5-2)8(10)11/h5-8,10-11H,4H2,1-3H3,(H2,24,28,29,30);4-7H2,1-3H3,(H,10,11). The van der Waals surface area contributed by atoms with Gasteiger partial charge >= 0.3 is 12.0 Å². The summed E-state index contributed by atoms with van der Waals surface area (Å²) < 4.78 is 0.889. The summed E-state index contributed by atoms with van der Waals surface area (Å²) in [5.74, 6) is 0.0396. The number of aromatic nitrogens is 4. The van der Waals surface area contributed by atoms with Gasteiger partial charge in [-0.3, -0.25) is 15.1 Å². The number of pyridine rings is 1. The van der Waals surface area contributed by atoms with Gasteiger partial charge in [-0.1, -0.05) is 38.0 Å². The number of hydrogen-bond acceptors (Lipinski definition) is 8. The van der Waals surface area contributed by atoms with Crippen molar-refractivity contribution in [2.75, 3.05) is 11.9 Å². The van der Waals surface area contributed by atoms with Crippen molar-refractivity contribution >= 4 is 38.7 Å². The van der Waals surface area contributed by atoms with E-state index >= 15 is 0 Å². The number of carbonyl (C=O) groups excluding carboxylic acids is 1. The third-order valence-electron chi connectivity index (χ3n) is 6.76. The summed E-state index contributed by atoms with van der Waals surface area (Å²) in [4.78, 5) is 40.6. The maximum Gasteiger partial charge on any atom is 0.321 e. The molecule has 0 fully saturated rings. The number of nitrogens with one attached hydrogen (secondary N) is 2. The van der Waals surface area contributed by atoms with Gasteiger partial charge in [-0.2, -0.15) is 5.26 Å². The van der Waals surface area contributed by atoms with E-state index in [0.717, 1.165) is 58.3 Å². The van der Waals surface area contributed by atoms with Gasteiger partial charge in [-0.25, -0.2) is 19.7 Å². The number of nitriles is 1. The molecule has 42 heavy (non-hydrogen) atoms. The molecule has 0 unspecified atom stereocenters. The molecule has 1 aromatic carbocycles. The smallest absolute Gasteiger partial charge is 0.321 e. The van der Waals surface area contributed by atoms with Crippen molar-refractivity contribution in [2.45, 2.75) is 67.2 Å². The summed E-state index contributed by atoms with van der Waals surface area (Å²) in [6.45, 7) is 11.9. The molecule has 0 saturated heterocycles. The number of anilines is 1. The van der Waals surface area contributed by atoms with Gasteiger partial charge in [-0.05, 0) is 70.4 Å². The lowest BCUT2D eigenvalue weighted by atomic mass is 9.81. The molecule has 3 N–H and O–H groups in total. The molecule has 0 radical (unpaired) electrons. The van der Waals surface area contributed by atoms with E-state index in [2.05, 4.69) is 36.6 Å². The number of fused-ring (bicyclic) bond motifs is 1. The summed E-state index contributed by atoms with van der Waals surface area (Å²) >= 11 is 1.38. The summed E-state index contributed by atoms with van der Waals surface area (Å²) in [5, 5.41) is 24.1. The van der Waals surface area contributed by atoms with Crippen molar-refractivity contribution in [3.63, 3.8) is 0 Å². The zero-order valence-electron chi connectivity index (χ0n) is 24.9. The highest BCUT2D eigenvalue weighted by atomic mass is 32.1. The molecule has 0 aliphatic carbocycles. The van der Waals surface area contributed by atoms with Gasteiger partial charge in [0.2, 0.25) is 0 Å². The highest BCUT2D eigenvalue weighted by Crippen LogP contribution is 2.38. The average molecular weight is 588 g/mol. The Labute approximate surface area is 250 Å². The monoisotopic (exact) mass is 587 g/mol. The Balaban J connectivity index is 0.000000375. The summed E-state index contributed by atoms with van der Waals surface area (Å²) in [6, 6.07) is 9.39. The number of thiazole rings is 1. The largest absolute Gasteiger partial charge is 0.481 e. The highest BCUT2D eigenvalue weighted by molar-refractivity contribution is 7.22. The molecule has 0 aliphatic heterocycles. The number of amides is 2. The predicted molar refractivity (Wildman–Crippen MR) is 166 cm³/mol. The number of urea groups is 1. The van der Waals surface area contributed by atoms with E-state index in [0.29, 0.717) is 28.8 Å². The number of benzene rings is 1. The van der Waals surface area contributed by atoms with E-state index < -0.39 is 11.4 Å². The zero-order valence-corrected chi connectivity index (χ0v) is 25.7. The van der Waals surface area contributed by atoms with Crippen molar-refractivity contribution in [1.82, 2.24) is 25.3 Å². The second-order valence-electron chi connectivity index (χ2n) is 10.2. The van der Waals surface area contributed by atoms with Crippen LogP contribution in [0.1, 0.15) is 70.5 Å². The maximum absolute atomic E-state index is 12.0. The van der Waals surface area contributed by atoms with Gasteiger partial charge in [0.05, 0.1) is 32.6 Å². The Morgan fingerprint density at radius 2 is 1.69 bits per heavy atom. The van der Waals surface area contributed by atoms with Crippen molar-refractivity contribution in [1.29, 1.82) is 5.26 Å². The molecular formula is C31H37N7O3S. The quantitative estimate of drug-likeness (QED) is 0.187. The van der Waals surface area contributed by atoms with Crippen LogP contribution in [0.25, 0.3) is 32.6 Å². The molecule has 0 bridgehead atoms. The number of aliphatic carboxylic acids is 1. The fraction of sp³-hybridized carbons (Fsp3) is 0.387. The van der Waals surface area contributed by atoms with Crippen LogP contribution in [0.3, 0.4) is 0 Å². The molecule has 0 aliphatic rings. The Morgan fingerprint density at radius 1 is 1.02 bits per heavy atom. The molecular weight excluding hydrogens is 550 g/mol. The third-order valence-corrected chi connectivity index (χ3v) is 7.78. The molecule has 0 saturated carbocycles. The molecule has 0 atom stereocenters. The SMILES string of the molecule is CCCC(C)(CCC)C(=O)O.CCNC(=O)Nc1nc2cc(-c3cnc(C)nc3)cc(-c3ccc(C#N)c(C)n3)c2s1. The van der Waals surface area contributed by atoms with Gasteiger partial charge < -0.3 is 10.4 Å². The Hall–Kier alpha value is -4.43. The first-order valence-electron chi connectivity index (χ1n) is 13.9. The van der Waals surface area contributed by atoms with Crippen LogP contribution in [0.5, 0.6) is 0 Å². The fourth-order valence-corrected chi connectivity index (χ4v) is 5.52. The summed E-state index contributed by atoms with van der Waals surface area (Å²) in [5.41, 5.74) is 4.77. The van der Waals surface area contributed by atoms with Crippen molar-refractivity contribution in [3.05, 3.63) is 53.7 Å². The molecule has 0 spiro atoms. The Bertz CT molecular complexity index is 1590. The maximum atomic E-state index is 12.0. The molecule has 11 heteroatoms. The molecule has 220 valence electrons. The first-order chi connectivity index (χ1) is 20.0. The molecule has 2 amide bonds. The van der Waals surface area contributed by atoms with E-state index in [4.69, 9.17) is 5.11 Å². The predicted octanol–water partition coefficient (Wildman–Crippen LogP) is 7.12.